The van der Waals surface area contributed by atoms with E-state index in [2.05, 4.69) is 45.1 Å². The van der Waals surface area contributed by atoms with Crippen molar-refractivity contribution in [2.75, 3.05) is 13.7 Å². The number of benzene rings is 1. The van der Waals surface area contributed by atoms with Crippen molar-refractivity contribution >= 4 is 0 Å². The van der Waals surface area contributed by atoms with E-state index in [4.69, 9.17) is 9.47 Å². The topological polar surface area (TPSA) is 30.5 Å². The van der Waals surface area contributed by atoms with Gasteiger partial charge in [-0.2, -0.15) is 0 Å². The standard InChI is InChI=1S/C18H29NO2/c1-6-9-19-17(16-8-7-14(4)21-16)15-10-12(2)18(20-5)13(3)11-15/h10-11,14,16-17,19H,6-9H2,1-5H3. The molecule has 0 saturated carbocycles. The summed E-state index contributed by atoms with van der Waals surface area (Å²) in [5.41, 5.74) is 3.71. The summed E-state index contributed by atoms with van der Waals surface area (Å²) in [5, 5.41) is 3.67. The Kier molecular flexibility index (Phi) is 5.65. The molecule has 118 valence electrons. The van der Waals surface area contributed by atoms with E-state index in [1.807, 2.05) is 0 Å². The van der Waals surface area contributed by atoms with Gasteiger partial charge in [-0.15, -0.1) is 0 Å². The maximum absolute atomic E-state index is 6.12. The minimum atomic E-state index is 0.276. The van der Waals surface area contributed by atoms with E-state index in [-0.39, 0.29) is 12.1 Å². The Morgan fingerprint density at radius 1 is 1.29 bits per heavy atom. The third-order valence-electron chi connectivity index (χ3n) is 4.30. The van der Waals surface area contributed by atoms with Crippen LogP contribution in [0.1, 0.15) is 55.8 Å². The number of hydrogen-bond donors (Lipinski definition) is 1. The van der Waals surface area contributed by atoms with Gasteiger partial charge in [0.1, 0.15) is 5.75 Å². The smallest absolute Gasteiger partial charge is 0.124 e. The predicted octanol–water partition coefficient (Wildman–Crippen LogP) is 3.92. The highest BCUT2D eigenvalue weighted by Gasteiger charge is 2.30. The molecule has 21 heavy (non-hydrogen) atoms. The van der Waals surface area contributed by atoms with Gasteiger partial charge in [0, 0.05) is 0 Å². The van der Waals surface area contributed by atoms with Gasteiger partial charge in [0.15, 0.2) is 0 Å². The first-order valence-electron chi connectivity index (χ1n) is 8.10. The maximum atomic E-state index is 6.12. The van der Waals surface area contributed by atoms with Gasteiger partial charge >= 0.3 is 0 Å². The van der Waals surface area contributed by atoms with Crippen LogP contribution in [0.4, 0.5) is 0 Å². The van der Waals surface area contributed by atoms with Crippen molar-refractivity contribution in [2.45, 2.75) is 65.2 Å². The zero-order chi connectivity index (χ0) is 15.4. The van der Waals surface area contributed by atoms with Crippen LogP contribution in [0.5, 0.6) is 5.75 Å². The van der Waals surface area contributed by atoms with E-state index in [1.165, 1.54) is 16.7 Å². The summed E-state index contributed by atoms with van der Waals surface area (Å²) in [4.78, 5) is 0. The molecule has 1 aliphatic heterocycles. The first kappa shape index (κ1) is 16.3. The zero-order valence-corrected chi connectivity index (χ0v) is 14.0. The number of rotatable bonds is 6. The van der Waals surface area contributed by atoms with Crippen LogP contribution in [0.3, 0.4) is 0 Å². The van der Waals surface area contributed by atoms with Gasteiger partial charge in [0.25, 0.3) is 0 Å². The minimum absolute atomic E-state index is 0.276. The lowest BCUT2D eigenvalue weighted by Crippen LogP contribution is -2.32. The summed E-state index contributed by atoms with van der Waals surface area (Å²) in [6, 6.07) is 4.76. The molecule has 0 amide bonds. The van der Waals surface area contributed by atoms with Crippen molar-refractivity contribution in [3.63, 3.8) is 0 Å². The van der Waals surface area contributed by atoms with Gasteiger partial charge in [0.05, 0.1) is 25.4 Å². The third-order valence-corrected chi connectivity index (χ3v) is 4.30. The van der Waals surface area contributed by atoms with Crippen LogP contribution in [-0.2, 0) is 4.74 Å². The summed E-state index contributed by atoms with van der Waals surface area (Å²) in [7, 11) is 1.74. The lowest BCUT2D eigenvalue weighted by atomic mass is 9.95. The summed E-state index contributed by atoms with van der Waals surface area (Å²) in [5.74, 6) is 0.994. The molecular formula is C18H29NO2. The summed E-state index contributed by atoms with van der Waals surface area (Å²) in [6.07, 6.45) is 4.07. The van der Waals surface area contributed by atoms with E-state index in [1.54, 1.807) is 7.11 Å². The average molecular weight is 291 g/mol. The highest BCUT2D eigenvalue weighted by Crippen LogP contribution is 2.33. The molecule has 1 N–H and O–H groups in total. The first-order valence-corrected chi connectivity index (χ1v) is 8.10. The Morgan fingerprint density at radius 2 is 1.95 bits per heavy atom. The largest absolute Gasteiger partial charge is 0.496 e. The van der Waals surface area contributed by atoms with Gasteiger partial charge in [0.2, 0.25) is 0 Å². The molecule has 3 unspecified atom stereocenters. The third kappa shape index (κ3) is 3.78. The molecule has 1 aromatic carbocycles. The Balaban J connectivity index is 2.27. The molecule has 1 heterocycles. The minimum Gasteiger partial charge on any atom is -0.496 e. The van der Waals surface area contributed by atoms with Gasteiger partial charge in [-0.05, 0) is 63.3 Å². The predicted molar refractivity (Wildman–Crippen MR) is 87.1 cm³/mol. The van der Waals surface area contributed by atoms with Crippen LogP contribution >= 0.6 is 0 Å². The molecule has 1 aromatic rings. The lowest BCUT2D eigenvalue weighted by molar-refractivity contribution is 0.0316. The summed E-state index contributed by atoms with van der Waals surface area (Å²) >= 11 is 0. The molecule has 0 aromatic heterocycles. The van der Waals surface area contributed by atoms with Crippen LogP contribution in [0.15, 0.2) is 12.1 Å². The molecule has 0 spiro atoms. The van der Waals surface area contributed by atoms with Crippen LogP contribution in [-0.4, -0.2) is 25.9 Å². The number of nitrogens with one attached hydrogen (secondary N) is 1. The van der Waals surface area contributed by atoms with Crippen molar-refractivity contribution in [2.24, 2.45) is 0 Å². The van der Waals surface area contributed by atoms with Gasteiger partial charge in [-0.1, -0.05) is 19.1 Å². The lowest BCUT2D eigenvalue weighted by Gasteiger charge is -2.26. The van der Waals surface area contributed by atoms with Gasteiger partial charge in [-0.3, -0.25) is 0 Å². The van der Waals surface area contributed by atoms with Crippen molar-refractivity contribution in [3.05, 3.63) is 28.8 Å². The molecule has 1 saturated heterocycles. The fourth-order valence-electron chi connectivity index (χ4n) is 3.33. The summed E-state index contributed by atoms with van der Waals surface area (Å²) in [6.45, 7) is 9.62. The number of aryl methyl sites for hydroxylation is 2. The molecule has 0 bridgehead atoms. The maximum Gasteiger partial charge on any atom is 0.124 e. The molecule has 1 aliphatic rings. The summed E-state index contributed by atoms with van der Waals surface area (Å²) < 4.78 is 11.6. The van der Waals surface area contributed by atoms with E-state index < -0.39 is 0 Å². The van der Waals surface area contributed by atoms with E-state index in [0.29, 0.717) is 6.10 Å². The van der Waals surface area contributed by atoms with Crippen molar-refractivity contribution in [1.82, 2.24) is 5.32 Å². The number of methoxy groups -OCH3 is 1. The Hall–Kier alpha value is -1.06. The Labute approximate surface area is 129 Å². The zero-order valence-electron chi connectivity index (χ0n) is 14.0. The molecule has 1 fully saturated rings. The second-order valence-electron chi connectivity index (χ2n) is 6.18. The second kappa shape index (κ2) is 7.28. The highest BCUT2D eigenvalue weighted by molar-refractivity contribution is 5.44. The Morgan fingerprint density at radius 3 is 2.43 bits per heavy atom. The van der Waals surface area contributed by atoms with Crippen LogP contribution < -0.4 is 10.1 Å². The molecule has 0 aliphatic carbocycles. The van der Waals surface area contributed by atoms with Crippen LogP contribution in [0.25, 0.3) is 0 Å². The average Bonchev–Trinajstić information content (AvgIpc) is 2.85. The van der Waals surface area contributed by atoms with Crippen LogP contribution in [0.2, 0.25) is 0 Å². The molecule has 0 radical (unpaired) electrons. The van der Waals surface area contributed by atoms with Gasteiger partial charge < -0.3 is 14.8 Å². The molecule has 2 rings (SSSR count). The molecular weight excluding hydrogens is 262 g/mol. The van der Waals surface area contributed by atoms with E-state index in [0.717, 1.165) is 31.6 Å². The molecule has 3 atom stereocenters. The highest BCUT2D eigenvalue weighted by atomic mass is 16.5. The normalized spacial score (nSPS) is 23.3. The number of hydrogen-bond acceptors (Lipinski definition) is 3. The fourth-order valence-corrected chi connectivity index (χ4v) is 3.33. The Bertz CT molecular complexity index is 449. The van der Waals surface area contributed by atoms with Crippen molar-refractivity contribution in [1.29, 1.82) is 0 Å². The van der Waals surface area contributed by atoms with E-state index >= 15 is 0 Å². The first-order chi connectivity index (χ1) is 10.1. The molecule has 3 nitrogen and oxygen atoms in total. The second-order valence-corrected chi connectivity index (χ2v) is 6.18. The van der Waals surface area contributed by atoms with Crippen LogP contribution in [0, 0.1) is 13.8 Å². The monoisotopic (exact) mass is 291 g/mol. The van der Waals surface area contributed by atoms with Crippen molar-refractivity contribution in [3.8, 4) is 5.75 Å². The fraction of sp³-hybridized carbons (Fsp3) is 0.667. The van der Waals surface area contributed by atoms with Gasteiger partial charge in [-0.25, -0.2) is 0 Å². The number of ether oxygens (including phenoxy) is 2. The SMILES string of the molecule is CCCNC(c1cc(C)c(OC)c(C)c1)C1CCC(C)O1. The quantitative estimate of drug-likeness (QED) is 0.861. The van der Waals surface area contributed by atoms with E-state index in [9.17, 15) is 0 Å². The van der Waals surface area contributed by atoms with Crippen molar-refractivity contribution < 1.29 is 9.47 Å². The molecule has 3 heteroatoms.